The molecule has 3 aromatic carbocycles. The van der Waals surface area contributed by atoms with Crippen LogP contribution in [0.15, 0.2) is 72.8 Å². The van der Waals surface area contributed by atoms with Gasteiger partial charge in [0, 0.05) is 28.0 Å². The summed E-state index contributed by atoms with van der Waals surface area (Å²) in [7, 11) is -3.07. The molecular formula is C35H40IN6O9PS. The van der Waals surface area contributed by atoms with Crippen LogP contribution in [0.5, 0.6) is 11.6 Å². The largest absolute Gasteiger partial charge is 0.479 e. The molecule has 6 rings (SSSR count). The molecule has 7 atom stereocenters. The fraction of sp³-hybridized carbons (Fsp3) is 0.371. The van der Waals surface area contributed by atoms with Gasteiger partial charge in [0.2, 0.25) is 11.8 Å². The van der Waals surface area contributed by atoms with E-state index in [1.165, 1.54) is 30.4 Å². The van der Waals surface area contributed by atoms with E-state index in [4.69, 9.17) is 29.0 Å². The quantitative estimate of drug-likeness (QED) is 0.0450. The van der Waals surface area contributed by atoms with Gasteiger partial charge in [-0.25, -0.2) is 9.55 Å². The lowest BCUT2D eigenvalue weighted by atomic mass is 9.96. The number of thioether (sulfide) groups is 1. The number of benzene rings is 3. The van der Waals surface area contributed by atoms with E-state index in [0.29, 0.717) is 15.0 Å². The first-order valence-electron chi connectivity index (χ1n) is 16.6. The van der Waals surface area contributed by atoms with Crippen LogP contribution in [0.2, 0.25) is 0 Å². The maximum absolute atomic E-state index is 14.9. The number of carbonyl (C=O) groups is 1. The van der Waals surface area contributed by atoms with Crippen molar-refractivity contribution in [1.82, 2.24) is 24.6 Å². The summed E-state index contributed by atoms with van der Waals surface area (Å²) < 4.78 is 46.3. The van der Waals surface area contributed by atoms with E-state index in [9.17, 15) is 19.6 Å². The molecule has 0 aliphatic carbocycles. The molecule has 1 saturated heterocycles. The molecule has 15 nitrogen and oxygen atoms in total. The number of halogens is 1. The van der Waals surface area contributed by atoms with Gasteiger partial charge in [0.1, 0.15) is 35.7 Å². The van der Waals surface area contributed by atoms with E-state index in [1.54, 1.807) is 19.1 Å². The Morgan fingerprint density at radius 3 is 2.58 bits per heavy atom. The number of aromatic nitrogens is 4. The van der Waals surface area contributed by atoms with Gasteiger partial charge in [0.05, 0.1) is 13.7 Å². The predicted octanol–water partition coefficient (Wildman–Crippen LogP) is 5.40. The Kier molecular flexibility index (Phi) is 12.1. The van der Waals surface area contributed by atoms with Crippen LogP contribution in [-0.2, 0) is 23.4 Å². The number of hydrogen-bond donors (Lipinski definition) is 4. The van der Waals surface area contributed by atoms with Crippen molar-refractivity contribution in [1.29, 1.82) is 0 Å². The Hall–Kier alpha value is -3.55. The van der Waals surface area contributed by atoms with Crippen molar-refractivity contribution in [2.75, 3.05) is 31.5 Å². The minimum Gasteiger partial charge on any atom is -0.479 e. The molecule has 1 fully saturated rings. The summed E-state index contributed by atoms with van der Waals surface area (Å²) in [5.41, 5.74) is 5.26. The zero-order valence-electron chi connectivity index (χ0n) is 29.3. The average molecular weight is 879 g/mol. The fourth-order valence-electron chi connectivity index (χ4n) is 6.02. The molecule has 5 aromatic rings. The molecular weight excluding hydrogens is 838 g/mol. The number of nitrogen functional groups attached to an aromatic ring is 1. The van der Waals surface area contributed by atoms with Crippen molar-refractivity contribution in [3.8, 4) is 11.6 Å². The second kappa shape index (κ2) is 16.4. The Balaban J connectivity index is 1.30. The van der Waals surface area contributed by atoms with Crippen molar-refractivity contribution in [3.63, 3.8) is 0 Å². The lowest BCUT2D eigenvalue weighted by Crippen LogP contribution is -2.45. The van der Waals surface area contributed by atoms with Crippen molar-refractivity contribution in [2.24, 2.45) is 0 Å². The second-order valence-electron chi connectivity index (χ2n) is 12.5. The number of esters is 1. The molecule has 1 aliphatic heterocycles. The first-order valence-corrected chi connectivity index (χ1v) is 20.6. The third kappa shape index (κ3) is 8.42. The number of nitrogens with zero attached hydrogens (tertiary/aromatic N) is 4. The lowest BCUT2D eigenvalue weighted by Gasteiger charge is -2.28. The van der Waals surface area contributed by atoms with Crippen LogP contribution in [-0.4, -0.2) is 85.3 Å². The third-order valence-corrected chi connectivity index (χ3v) is 11.8. The highest BCUT2D eigenvalue weighted by Gasteiger charge is 2.55. The number of aliphatic hydroxyl groups excluding tert-OH is 1. The zero-order chi connectivity index (χ0) is 37.9. The summed E-state index contributed by atoms with van der Waals surface area (Å²) in [6.45, 7) is 2.61. The predicted molar refractivity (Wildman–Crippen MR) is 209 cm³/mol. The summed E-state index contributed by atoms with van der Waals surface area (Å²) in [5.74, 6) is 0.116. The molecule has 0 amide bonds. The van der Waals surface area contributed by atoms with E-state index in [0.717, 1.165) is 10.9 Å². The number of carbonyl (C=O) groups excluding carboxylic acids is 1. The van der Waals surface area contributed by atoms with Crippen LogP contribution < -0.4 is 20.1 Å². The highest BCUT2D eigenvalue weighted by molar-refractivity contribution is 14.1. The Bertz CT molecular complexity index is 2120. The maximum atomic E-state index is 14.9. The molecule has 0 spiro atoms. The molecule has 2 unspecified atom stereocenters. The number of methoxy groups -OCH3 is 1. The summed E-state index contributed by atoms with van der Waals surface area (Å²) in [6, 6.07) is 20.8. The summed E-state index contributed by atoms with van der Waals surface area (Å²) in [4.78, 5) is 26.5. The van der Waals surface area contributed by atoms with Gasteiger partial charge < -0.3 is 34.7 Å². The van der Waals surface area contributed by atoms with Gasteiger partial charge in [0.25, 0.3) is 0 Å². The Labute approximate surface area is 323 Å². The van der Waals surface area contributed by atoms with Gasteiger partial charge in [0.15, 0.2) is 21.2 Å². The van der Waals surface area contributed by atoms with E-state index in [-0.39, 0.29) is 35.2 Å². The molecule has 53 heavy (non-hydrogen) atoms. The van der Waals surface area contributed by atoms with Crippen LogP contribution >= 0.6 is 42.1 Å². The van der Waals surface area contributed by atoms with Gasteiger partial charge in [-0.1, -0.05) is 66.7 Å². The van der Waals surface area contributed by atoms with Crippen molar-refractivity contribution in [3.05, 3.63) is 82.2 Å². The number of fused-ring (bicyclic) bond motifs is 2. The van der Waals surface area contributed by atoms with E-state index in [1.807, 2.05) is 89.5 Å². The Morgan fingerprint density at radius 2 is 1.85 bits per heavy atom. The number of anilines is 1. The lowest BCUT2D eigenvalue weighted by molar-refractivity contribution is -0.150. The molecule has 0 radical (unpaired) electrons. The van der Waals surface area contributed by atoms with Gasteiger partial charge in [-0.05, 0) is 49.3 Å². The first-order chi connectivity index (χ1) is 25.3. The molecule has 282 valence electrons. The number of aliphatic hydroxyl groups is 2. The molecule has 0 saturated carbocycles. The monoisotopic (exact) mass is 878 g/mol. The fourth-order valence-corrected chi connectivity index (χ4v) is 8.77. The highest BCUT2D eigenvalue weighted by Crippen LogP contribution is 2.49. The second-order valence-corrected chi connectivity index (χ2v) is 16.2. The third-order valence-electron chi connectivity index (χ3n) is 8.81. The van der Waals surface area contributed by atoms with E-state index in [2.05, 4.69) is 20.0 Å². The zero-order valence-corrected chi connectivity index (χ0v) is 33.2. The highest BCUT2D eigenvalue weighted by atomic mass is 127. The summed E-state index contributed by atoms with van der Waals surface area (Å²) in [5, 5.41) is 27.4. The smallest absolute Gasteiger partial charge is 0.459 e. The summed E-state index contributed by atoms with van der Waals surface area (Å²) in [6.07, 6.45) is -2.53. The standard InChI is InChI=1S/C35H40IN6O9PS/c1-20(21-11-6-5-7-12-21)49-31(44)24(17-18-53-4)41-52(46,51-25-16-10-14-22-13-8-9-15-23(22)25)48-19-26-28(43)35(2,45)32(50-26)42-29-27(38-33(42)36)30(47-3)40-34(37)39-29/h5-16,20,24,26,28,32,43,45H,17-19H2,1-4H3,(H,41,46)(H2,37,39,40)/t20-,24-,26+,28+,32?,35+,52?/m0/s1. The number of nitrogens with one attached hydrogen (secondary N) is 1. The molecule has 2 aromatic heterocycles. The first kappa shape index (κ1) is 39.2. The van der Waals surface area contributed by atoms with Crippen LogP contribution in [0, 0.1) is 3.83 Å². The molecule has 0 bridgehead atoms. The van der Waals surface area contributed by atoms with Crippen molar-refractivity contribution >= 4 is 76.0 Å². The molecule has 5 N–H and O–H groups in total. The summed E-state index contributed by atoms with van der Waals surface area (Å²) >= 11 is 3.44. The van der Waals surface area contributed by atoms with E-state index < -0.39 is 56.5 Å². The van der Waals surface area contributed by atoms with Gasteiger partial charge >= 0.3 is 13.7 Å². The number of imidazole rings is 1. The number of nitrogens with two attached hydrogens (primary N) is 1. The topological polar surface area (TPSA) is 202 Å². The van der Waals surface area contributed by atoms with Gasteiger partial charge in [-0.3, -0.25) is 13.9 Å². The van der Waals surface area contributed by atoms with Crippen LogP contribution in [0.3, 0.4) is 0 Å². The van der Waals surface area contributed by atoms with Gasteiger partial charge in [-0.15, -0.1) is 0 Å². The van der Waals surface area contributed by atoms with Crippen LogP contribution in [0.25, 0.3) is 21.9 Å². The number of rotatable bonds is 15. The number of hydrogen-bond acceptors (Lipinski definition) is 14. The molecule has 1 aliphatic rings. The van der Waals surface area contributed by atoms with E-state index >= 15 is 0 Å². The van der Waals surface area contributed by atoms with Crippen molar-refractivity contribution in [2.45, 2.75) is 56.5 Å². The van der Waals surface area contributed by atoms with Crippen LogP contribution in [0.1, 0.15) is 38.2 Å². The number of ether oxygens (including phenoxy) is 3. The molecule has 18 heteroatoms. The van der Waals surface area contributed by atoms with Crippen LogP contribution in [0.4, 0.5) is 5.95 Å². The minimum atomic E-state index is -4.48. The van der Waals surface area contributed by atoms with Crippen molar-refractivity contribution < 1.29 is 42.8 Å². The maximum Gasteiger partial charge on any atom is 0.459 e. The normalized spacial score (nSPS) is 22.4. The molecule has 3 heterocycles. The van der Waals surface area contributed by atoms with Gasteiger partial charge in [-0.2, -0.15) is 26.8 Å². The SMILES string of the molecule is COc1nc(N)nc2c1nc(I)n2C1O[C@H](COP(=O)(N[C@@H](CCSC)C(=O)O[C@@H](C)c2ccccc2)Oc2cccc3ccccc23)[C@@H](O)[C@@]1(C)O. The average Bonchev–Trinajstić information content (AvgIpc) is 3.58. The minimum absolute atomic E-state index is 0.102. The Morgan fingerprint density at radius 1 is 1.13 bits per heavy atom.